The third-order valence-corrected chi connectivity index (χ3v) is 2.67. The predicted molar refractivity (Wildman–Crippen MR) is 63.7 cm³/mol. The second-order valence-corrected chi connectivity index (χ2v) is 4.28. The molecule has 1 aromatic rings. The lowest BCUT2D eigenvalue weighted by Crippen LogP contribution is -2.31. The van der Waals surface area contributed by atoms with Gasteiger partial charge in [-0.2, -0.15) is 4.98 Å². The molecule has 0 radical (unpaired) electrons. The molecule has 16 heavy (non-hydrogen) atoms. The molecule has 5 nitrogen and oxygen atoms in total. The second-order valence-electron chi connectivity index (χ2n) is 3.89. The highest BCUT2D eigenvalue weighted by molar-refractivity contribution is 6.29. The molecular formula is C10H15ClN4O. The summed E-state index contributed by atoms with van der Waals surface area (Å²) in [7, 11) is 0. The number of anilines is 2. The van der Waals surface area contributed by atoms with E-state index in [2.05, 4.69) is 14.9 Å². The molecule has 1 fully saturated rings. The topological polar surface area (TPSA) is 64.3 Å². The first-order chi connectivity index (χ1) is 7.65. The van der Waals surface area contributed by atoms with Crippen molar-refractivity contribution in [3.05, 3.63) is 11.2 Å². The number of rotatable bonds is 1. The Morgan fingerprint density at radius 1 is 1.56 bits per heavy atom. The Hall–Kier alpha value is -1.07. The molecule has 2 rings (SSSR count). The minimum Gasteiger partial charge on any atom is -0.377 e. The maximum absolute atomic E-state index is 5.86. The van der Waals surface area contributed by atoms with Crippen LogP contribution in [-0.4, -0.2) is 35.8 Å². The maximum Gasteiger partial charge on any atom is 0.223 e. The number of ether oxygens (including phenoxy) is 1. The van der Waals surface area contributed by atoms with Crippen LogP contribution in [0.4, 0.5) is 11.8 Å². The highest BCUT2D eigenvalue weighted by atomic mass is 35.5. The molecule has 1 aromatic heterocycles. The number of nitrogen functional groups attached to an aromatic ring is 1. The third-order valence-electron chi connectivity index (χ3n) is 2.47. The van der Waals surface area contributed by atoms with Crippen LogP contribution in [0.3, 0.4) is 0 Å². The SMILES string of the molecule is CC1CN(c2cc(Cl)nc(N)n2)CCCO1. The fraction of sp³-hybridized carbons (Fsp3) is 0.600. The van der Waals surface area contributed by atoms with Crippen molar-refractivity contribution < 1.29 is 4.74 Å². The van der Waals surface area contributed by atoms with E-state index in [9.17, 15) is 0 Å². The normalized spacial score (nSPS) is 21.9. The average Bonchev–Trinajstić information content (AvgIpc) is 2.41. The first kappa shape index (κ1) is 11.4. The molecule has 1 aliphatic rings. The second kappa shape index (κ2) is 4.84. The summed E-state index contributed by atoms with van der Waals surface area (Å²) in [4.78, 5) is 10.2. The van der Waals surface area contributed by atoms with Gasteiger partial charge in [-0.05, 0) is 13.3 Å². The van der Waals surface area contributed by atoms with E-state index in [0.29, 0.717) is 5.15 Å². The van der Waals surface area contributed by atoms with Crippen LogP contribution in [-0.2, 0) is 4.74 Å². The Balaban J connectivity index is 2.21. The van der Waals surface area contributed by atoms with Gasteiger partial charge in [0, 0.05) is 25.8 Å². The Morgan fingerprint density at radius 3 is 3.12 bits per heavy atom. The van der Waals surface area contributed by atoms with Crippen molar-refractivity contribution in [2.24, 2.45) is 0 Å². The number of nitrogens with two attached hydrogens (primary N) is 1. The molecule has 1 saturated heterocycles. The highest BCUT2D eigenvalue weighted by Gasteiger charge is 2.17. The van der Waals surface area contributed by atoms with E-state index in [1.165, 1.54) is 0 Å². The largest absolute Gasteiger partial charge is 0.377 e. The van der Waals surface area contributed by atoms with E-state index in [4.69, 9.17) is 22.1 Å². The molecule has 2 heterocycles. The monoisotopic (exact) mass is 242 g/mol. The number of halogens is 1. The predicted octanol–water partition coefficient (Wildman–Crippen LogP) is 1.33. The summed E-state index contributed by atoms with van der Waals surface area (Å²) in [5, 5.41) is 0.375. The zero-order chi connectivity index (χ0) is 11.5. The van der Waals surface area contributed by atoms with Crippen LogP contribution in [0.2, 0.25) is 5.15 Å². The molecule has 1 unspecified atom stereocenters. The minimum absolute atomic E-state index is 0.192. The maximum atomic E-state index is 5.86. The Labute approximate surface area is 99.6 Å². The standard InChI is InChI=1S/C10H15ClN4O/c1-7-6-15(3-2-4-16-7)9-5-8(11)13-10(12)14-9/h5,7H,2-4,6H2,1H3,(H2,12,13,14). The first-order valence-corrected chi connectivity index (χ1v) is 5.69. The lowest BCUT2D eigenvalue weighted by atomic mass is 10.3. The van der Waals surface area contributed by atoms with Crippen molar-refractivity contribution in [3.8, 4) is 0 Å². The van der Waals surface area contributed by atoms with Crippen LogP contribution >= 0.6 is 11.6 Å². The summed E-state index contributed by atoms with van der Waals surface area (Å²) in [6.07, 6.45) is 1.17. The van der Waals surface area contributed by atoms with Gasteiger partial charge in [-0.25, -0.2) is 4.98 Å². The van der Waals surface area contributed by atoms with Gasteiger partial charge in [0.25, 0.3) is 0 Å². The zero-order valence-electron chi connectivity index (χ0n) is 9.19. The van der Waals surface area contributed by atoms with E-state index in [0.717, 1.165) is 31.9 Å². The van der Waals surface area contributed by atoms with Gasteiger partial charge in [-0.15, -0.1) is 0 Å². The molecule has 0 aromatic carbocycles. The number of hydrogen-bond donors (Lipinski definition) is 1. The summed E-state index contributed by atoms with van der Waals surface area (Å²) in [5.74, 6) is 0.982. The van der Waals surface area contributed by atoms with Crippen molar-refractivity contribution in [1.29, 1.82) is 0 Å². The zero-order valence-corrected chi connectivity index (χ0v) is 9.94. The van der Waals surface area contributed by atoms with Gasteiger partial charge in [-0.3, -0.25) is 0 Å². The van der Waals surface area contributed by atoms with E-state index in [-0.39, 0.29) is 12.1 Å². The fourth-order valence-corrected chi connectivity index (χ4v) is 1.97. The summed E-state index contributed by atoms with van der Waals surface area (Å²) >= 11 is 5.86. The molecule has 1 aliphatic heterocycles. The van der Waals surface area contributed by atoms with E-state index in [1.807, 2.05) is 6.92 Å². The van der Waals surface area contributed by atoms with E-state index >= 15 is 0 Å². The summed E-state index contributed by atoms with van der Waals surface area (Å²) in [6.45, 7) is 4.53. The molecule has 0 amide bonds. The fourth-order valence-electron chi connectivity index (χ4n) is 1.79. The average molecular weight is 243 g/mol. The van der Waals surface area contributed by atoms with Crippen LogP contribution in [0.5, 0.6) is 0 Å². The van der Waals surface area contributed by atoms with Gasteiger partial charge in [-0.1, -0.05) is 11.6 Å². The molecule has 0 spiro atoms. The van der Waals surface area contributed by atoms with E-state index < -0.39 is 0 Å². The molecule has 1 atom stereocenters. The Kier molecular flexibility index (Phi) is 3.46. The summed E-state index contributed by atoms with van der Waals surface area (Å²) in [6, 6.07) is 1.73. The first-order valence-electron chi connectivity index (χ1n) is 5.32. The molecule has 0 bridgehead atoms. The van der Waals surface area contributed by atoms with Crippen LogP contribution in [0.1, 0.15) is 13.3 Å². The van der Waals surface area contributed by atoms with Crippen LogP contribution in [0, 0.1) is 0 Å². The van der Waals surface area contributed by atoms with Gasteiger partial charge in [0.2, 0.25) is 5.95 Å². The smallest absolute Gasteiger partial charge is 0.223 e. The van der Waals surface area contributed by atoms with Crippen molar-refractivity contribution in [2.45, 2.75) is 19.4 Å². The van der Waals surface area contributed by atoms with Crippen LogP contribution in [0.15, 0.2) is 6.07 Å². The van der Waals surface area contributed by atoms with Gasteiger partial charge >= 0.3 is 0 Å². The van der Waals surface area contributed by atoms with Gasteiger partial charge < -0.3 is 15.4 Å². The van der Waals surface area contributed by atoms with Gasteiger partial charge in [0.15, 0.2) is 0 Å². The Morgan fingerprint density at radius 2 is 2.38 bits per heavy atom. The number of aromatic nitrogens is 2. The lowest BCUT2D eigenvalue weighted by Gasteiger charge is -2.23. The molecule has 88 valence electrons. The molecule has 2 N–H and O–H groups in total. The molecular weight excluding hydrogens is 228 g/mol. The van der Waals surface area contributed by atoms with Crippen molar-refractivity contribution in [1.82, 2.24) is 9.97 Å². The van der Waals surface area contributed by atoms with Gasteiger partial charge in [0.05, 0.1) is 6.10 Å². The van der Waals surface area contributed by atoms with Crippen LogP contribution in [0.25, 0.3) is 0 Å². The highest BCUT2D eigenvalue weighted by Crippen LogP contribution is 2.19. The lowest BCUT2D eigenvalue weighted by molar-refractivity contribution is 0.0820. The summed E-state index contributed by atoms with van der Waals surface area (Å²) < 4.78 is 5.57. The minimum atomic E-state index is 0.192. The van der Waals surface area contributed by atoms with Crippen molar-refractivity contribution >= 4 is 23.4 Å². The number of hydrogen-bond acceptors (Lipinski definition) is 5. The number of nitrogens with zero attached hydrogens (tertiary/aromatic N) is 3. The summed E-state index contributed by atoms with van der Waals surface area (Å²) in [5.41, 5.74) is 5.58. The molecule has 6 heteroatoms. The molecule has 0 aliphatic carbocycles. The van der Waals surface area contributed by atoms with Crippen molar-refractivity contribution in [3.63, 3.8) is 0 Å². The molecule has 0 saturated carbocycles. The third kappa shape index (κ3) is 2.74. The quantitative estimate of drug-likeness (QED) is 0.753. The van der Waals surface area contributed by atoms with Crippen molar-refractivity contribution in [2.75, 3.05) is 30.3 Å². The van der Waals surface area contributed by atoms with Crippen LogP contribution < -0.4 is 10.6 Å². The Bertz CT molecular complexity index is 354. The van der Waals surface area contributed by atoms with E-state index in [1.54, 1.807) is 6.07 Å². The van der Waals surface area contributed by atoms with Gasteiger partial charge in [0.1, 0.15) is 11.0 Å².